The minimum atomic E-state index is -0.636. The van der Waals surface area contributed by atoms with Crippen LogP contribution in [0.5, 0.6) is 17.2 Å². The van der Waals surface area contributed by atoms with Crippen LogP contribution < -0.4 is 14.8 Å². The number of carbonyl (C=O) groups excluding carboxylic acids is 3. The van der Waals surface area contributed by atoms with Gasteiger partial charge < -0.3 is 24.4 Å². The van der Waals surface area contributed by atoms with Gasteiger partial charge in [0.1, 0.15) is 17.5 Å². The minimum Gasteiger partial charge on any atom is -0.496 e. The average molecular weight is 602 g/mol. The number of nitrogens with one attached hydrogen (secondary N) is 1. The normalized spacial score (nSPS) is 28.0. The smallest absolute Gasteiger partial charge is 0.328 e. The molecule has 218 valence electrons. The number of methoxy groups -OCH3 is 2. The number of carbonyl (C=O) groups is 3. The van der Waals surface area contributed by atoms with Crippen LogP contribution in [0, 0.1) is 17.8 Å². The highest BCUT2D eigenvalue weighted by atomic mass is 35.5. The van der Waals surface area contributed by atoms with E-state index in [1.165, 1.54) is 50.5 Å². The minimum absolute atomic E-state index is 0.130. The van der Waals surface area contributed by atoms with Crippen molar-refractivity contribution in [3.05, 3.63) is 51.5 Å². The van der Waals surface area contributed by atoms with Crippen molar-refractivity contribution in [1.82, 2.24) is 10.2 Å². The lowest BCUT2D eigenvalue weighted by Crippen LogP contribution is -2.59. The van der Waals surface area contributed by atoms with Gasteiger partial charge in [-0.05, 0) is 99.5 Å². The quantitative estimate of drug-likeness (QED) is 0.376. The van der Waals surface area contributed by atoms with E-state index in [9.17, 15) is 14.4 Å². The maximum Gasteiger partial charge on any atom is 0.328 e. The van der Waals surface area contributed by atoms with Crippen LogP contribution in [-0.2, 0) is 9.53 Å². The highest BCUT2D eigenvalue weighted by molar-refractivity contribution is 6.37. The monoisotopic (exact) mass is 600 g/mol. The number of amides is 2. The molecule has 4 saturated carbocycles. The molecular formula is C31H34Cl2N2O6. The van der Waals surface area contributed by atoms with Crippen LogP contribution in [0.15, 0.2) is 30.3 Å². The molecule has 41 heavy (non-hydrogen) atoms. The third kappa shape index (κ3) is 5.37. The molecule has 10 heteroatoms. The number of rotatable bonds is 7. The molecule has 8 nitrogen and oxygen atoms in total. The molecule has 0 unspecified atom stereocenters. The van der Waals surface area contributed by atoms with Crippen molar-refractivity contribution in [3.8, 4) is 17.2 Å². The van der Waals surface area contributed by atoms with Crippen molar-refractivity contribution in [1.29, 1.82) is 0 Å². The first-order chi connectivity index (χ1) is 19.7. The average Bonchev–Trinajstić information content (AvgIpc) is 3.43. The second-order valence-electron chi connectivity index (χ2n) is 12.1. The largest absolute Gasteiger partial charge is 0.496 e. The first kappa shape index (κ1) is 28.2. The first-order valence-electron chi connectivity index (χ1n) is 14.2. The van der Waals surface area contributed by atoms with Gasteiger partial charge in [-0.3, -0.25) is 9.59 Å². The fraction of sp³-hybridized carbons (Fsp3) is 0.516. The number of hydrogen-bond acceptors (Lipinski definition) is 6. The molecule has 2 amide bonds. The molecule has 5 fully saturated rings. The molecule has 4 aliphatic carbocycles. The predicted molar refractivity (Wildman–Crippen MR) is 154 cm³/mol. The van der Waals surface area contributed by atoms with Crippen LogP contribution >= 0.6 is 23.2 Å². The topological polar surface area (TPSA) is 94.2 Å². The fourth-order valence-electron chi connectivity index (χ4n) is 7.96. The van der Waals surface area contributed by atoms with Crippen molar-refractivity contribution in [2.45, 2.75) is 62.9 Å². The maximum absolute atomic E-state index is 13.6. The summed E-state index contributed by atoms with van der Waals surface area (Å²) in [5, 5.41) is 3.65. The standard InChI is InChI=1S/C31H34Cl2N2O6/c1-39-26-6-5-21(13-22(26)28(36)34-31-14-17-8-18(15-31)10-19(9-17)16-31)41-27-23(32)11-20(12-24(27)33)29(37)35-7-3-4-25(35)30(38)40-2/h5-6,11-13,17-19,25H,3-4,7-10,14-16H2,1-2H3,(H,34,36)/t17?,18?,19?,25-,31?/m0/s1. The number of hydrogen-bond donors (Lipinski definition) is 1. The highest BCUT2D eigenvalue weighted by Crippen LogP contribution is 2.55. The Labute approximate surface area is 249 Å². The van der Waals surface area contributed by atoms with Crippen molar-refractivity contribution >= 4 is 41.0 Å². The molecule has 7 rings (SSSR count). The van der Waals surface area contributed by atoms with Crippen molar-refractivity contribution in [2.75, 3.05) is 20.8 Å². The van der Waals surface area contributed by atoms with E-state index in [4.69, 9.17) is 37.4 Å². The van der Waals surface area contributed by atoms with Gasteiger partial charge in [0.25, 0.3) is 11.8 Å². The van der Waals surface area contributed by atoms with E-state index in [0.29, 0.717) is 54.2 Å². The Bertz CT molecular complexity index is 1340. The van der Waals surface area contributed by atoms with Crippen molar-refractivity contribution in [3.63, 3.8) is 0 Å². The Kier molecular flexibility index (Phi) is 7.57. The van der Waals surface area contributed by atoms with Gasteiger partial charge in [-0.15, -0.1) is 0 Å². The molecule has 0 radical (unpaired) electrons. The summed E-state index contributed by atoms with van der Waals surface area (Å²) in [7, 11) is 2.84. The lowest BCUT2D eigenvalue weighted by molar-refractivity contribution is -0.145. The summed E-state index contributed by atoms with van der Waals surface area (Å²) in [4.78, 5) is 40.4. The molecule has 2 aromatic rings. The summed E-state index contributed by atoms with van der Waals surface area (Å²) >= 11 is 13.1. The van der Waals surface area contributed by atoms with E-state index in [1.807, 2.05) is 0 Å². The van der Waals surface area contributed by atoms with Gasteiger partial charge in [0, 0.05) is 17.6 Å². The van der Waals surface area contributed by atoms with E-state index in [1.54, 1.807) is 18.2 Å². The fourth-order valence-corrected chi connectivity index (χ4v) is 8.52. The molecular weight excluding hydrogens is 567 g/mol. The van der Waals surface area contributed by atoms with Crippen LogP contribution in [0.25, 0.3) is 0 Å². The Morgan fingerprint density at radius 1 is 0.951 bits per heavy atom. The number of nitrogens with zero attached hydrogens (tertiary/aromatic N) is 1. The molecule has 5 aliphatic rings. The Morgan fingerprint density at radius 3 is 2.17 bits per heavy atom. The molecule has 1 aliphatic heterocycles. The zero-order valence-corrected chi connectivity index (χ0v) is 24.7. The SMILES string of the molecule is COC(=O)[C@@H]1CCCN1C(=O)c1cc(Cl)c(Oc2ccc(OC)c(C(=O)NC34CC5CC(CC(C5)C3)C4)c2)c(Cl)c1. The summed E-state index contributed by atoms with van der Waals surface area (Å²) in [5.74, 6) is 2.08. The van der Waals surface area contributed by atoms with Crippen LogP contribution in [0.1, 0.15) is 72.1 Å². The number of benzene rings is 2. The molecule has 1 heterocycles. The lowest BCUT2D eigenvalue weighted by Gasteiger charge is -2.56. The van der Waals surface area contributed by atoms with E-state index < -0.39 is 12.0 Å². The van der Waals surface area contributed by atoms with Crippen molar-refractivity contribution in [2.24, 2.45) is 17.8 Å². The van der Waals surface area contributed by atoms with Gasteiger partial charge in [-0.25, -0.2) is 4.79 Å². The maximum atomic E-state index is 13.6. The van der Waals surface area contributed by atoms with Gasteiger partial charge in [0.15, 0.2) is 5.75 Å². The number of esters is 1. The molecule has 2 aromatic carbocycles. The van der Waals surface area contributed by atoms with Crippen LogP contribution in [0.4, 0.5) is 0 Å². The number of ether oxygens (including phenoxy) is 3. The first-order valence-corrected chi connectivity index (χ1v) is 15.0. The van der Waals surface area contributed by atoms with Gasteiger partial charge in [-0.2, -0.15) is 0 Å². The molecule has 0 aromatic heterocycles. The Balaban J connectivity index is 1.21. The van der Waals surface area contributed by atoms with Gasteiger partial charge in [0.2, 0.25) is 0 Å². The third-order valence-corrected chi connectivity index (χ3v) is 9.85. The van der Waals surface area contributed by atoms with Gasteiger partial charge in [0.05, 0.1) is 29.8 Å². The molecule has 4 bridgehead atoms. The zero-order valence-electron chi connectivity index (χ0n) is 23.2. The van der Waals surface area contributed by atoms with E-state index in [2.05, 4.69) is 5.32 Å². The number of halogens is 2. The Hall–Kier alpha value is -2.97. The second-order valence-corrected chi connectivity index (χ2v) is 12.9. The zero-order chi connectivity index (χ0) is 28.9. The van der Waals surface area contributed by atoms with Crippen LogP contribution in [0.2, 0.25) is 10.0 Å². The predicted octanol–water partition coefficient (Wildman–Crippen LogP) is 6.27. The molecule has 0 spiro atoms. The number of likely N-dealkylation sites (tertiary alicyclic amines) is 1. The summed E-state index contributed by atoms with van der Waals surface area (Å²) in [6.07, 6.45) is 8.22. The van der Waals surface area contributed by atoms with E-state index in [-0.39, 0.29) is 38.7 Å². The Morgan fingerprint density at radius 2 is 1.59 bits per heavy atom. The van der Waals surface area contributed by atoms with E-state index in [0.717, 1.165) is 19.3 Å². The lowest BCUT2D eigenvalue weighted by atomic mass is 9.53. The summed E-state index contributed by atoms with van der Waals surface area (Å²) in [6, 6.07) is 7.31. The third-order valence-electron chi connectivity index (χ3n) is 9.28. The van der Waals surface area contributed by atoms with Crippen LogP contribution in [0.3, 0.4) is 0 Å². The van der Waals surface area contributed by atoms with Gasteiger partial charge in [-0.1, -0.05) is 23.2 Å². The van der Waals surface area contributed by atoms with Crippen LogP contribution in [-0.4, -0.2) is 55.0 Å². The van der Waals surface area contributed by atoms with Crippen molar-refractivity contribution < 1.29 is 28.6 Å². The second kappa shape index (κ2) is 11.0. The molecule has 1 saturated heterocycles. The molecule has 1 atom stereocenters. The van der Waals surface area contributed by atoms with Gasteiger partial charge >= 0.3 is 5.97 Å². The highest BCUT2D eigenvalue weighted by Gasteiger charge is 2.51. The van der Waals surface area contributed by atoms with E-state index >= 15 is 0 Å². The summed E-state index contributed by atoms with van der Waals surface area (Å²) in [6.45, 7) is 0.437. The summed E-state index contributed by atoms with van der Waals surface area (Å²) in [5.41, 5.74) is 0.474. The summed E-state index contributed by atoms with van der Waals surface area (Å²) < 4.78 is 16.4. The molecule has 1 N–H and O–H groups in total.